The minimum Gasteiger partial charge on any atom is -0.396 e. The number of amides is 1. The summed E-state index contributed by atoms with van der Waals surface area (Å²) in [5.74, 6) is -0.413. The first-order valence-corrected chi connectivity index (χ1v) is 9.82. The van der Waals surface area contributed by atoms with E-state index in [1.54, 1.807) is 20.2 Å². The second-order valence-corrected chi connectivity index (χ2v) is 8.38. The molecule has 3 heterocycles. The first kappa shape index (κ1) is 20.5. The van der Waals surface area contributed by atoms with E-state index in [-0.39, 0.29) is 29.5 Å². The second-order valence-electron chi connectivity index (χ2n) is 7.97. The zero-order chi connectivity index (χ0) is 19.7. The zero-order valence-corrected chi connectivity index (χ0v) is 16.7. The standard InChI is InChI=1S/C18H29ClN4O4/c1-17(26)12-18(4-7-23(8-5-18)6-3-9-24)27-11-14(17)20-16(25)15-13(19)10-22(2)21-15/h10,14,24,26H,3-9,11-12H2,1-2H3,(H,20,25)/t14-,17-/m0/s1. The predicted molar refractivity (Wildman–Crippen MR) is 101 cm³/mol. The summed E-state index contributed by atoms with van der Waals surface area (Å²) in [6.45, 7) is 4.86. The van der Waals surface area contributed by atoms with Crippen LogP contribution in [0, 0.1) is 0 Å². The highest BCUT2D eigenvalue weighted by Gasteiger charge is 2.49. The van der Waals surface area contributed by atoms with E-state index in [9.17, 15) is 9.90 Å². The lowest BCUT2D eigenvalue weighted by atomic mass is 9.75. The lowest BCUT2D eigenvalue weighted by Crippen LogP contribution is -2.64. The van der Waals surface area contributed by atoms with Gasteiger partial charge in [-0.15, -0.1) is 0 Å². The molecular formula is C18H29ClN4O4. The fourth-order valence-corrected chi connectivity index (χ4v) is 4.37. The fourth-order valence-electron chi connectivity index (χ4n) is 4.10. The third kappa shape index (κ3) is 4.63. The topological polar surface area (TPSA) is 99.9 Å². The van der Waals surface area contributed by atoms with Gasteiger partial charge in [0.1, 0.15) is 0 Å². The predicted octanol–water partition coefficient (Wildman–Crippen LogP) is 0.560. The molecule has 3 rings (SSSR count). The number of nitrogens with one attached hydrogen (secondary N) is 1. The number of carbonyl (C=O) groups is 1. The average molecular weight is 401 g/mol. The summed E-state index contributed by atoms with van der Waals surface area (Å²) >= 11 is 6.04. The van der Waals surface area contributed by atoms with Crippen molar-refractivity contribution in [3.63, 3.8) is 0 Å². The Bertz CT molecular complexity index is 670. The quantitative estimate of drug-likeness (QED) is 0.667. The van der Waals surface area contributed by atoms with Gasteiger partial charge < -0.3 is 25.2 Å². The van der Waals surface area contributed by atoms with Crippen molar-refractivity contribution in [1.82, 2.24) is 20.0 Å². The number of halogens is 1. The Hall–Kier alpha value is -1.19. The van der Waals surface area contributed by atoms with Gasteiger partial charge in [-0.2, -0.15) is 5.10 Å². The summed E-state index contributed by atoms with van der Waals surface area (Å²) in [7, 11) is 1.69. The van der Waals surface area contributed by atoms with Crippen molar-refractivity contribution in [3.05, 3.63) is 16.9 Å². The number of nitrogens with zero attached hydrogens (tertiary/aromatic N) is 3. The third-order valence-electron chi connectivity index (χ3n) is 5.69. The largest absolute Gasteiger partial charge is 0.396 e. The van der Waals surface area contributed by atoms with Gasteiger partial charge in [-0.1, -0.05) is 11.6 Å². The van der Waals surface area contributed by atoms with Crippen LogP contribution in [0.5, 0.6) is 0 Å². The molecule has 1 spiro atoms. The number of ether oxygens (including phenoxy) is 1. The fraction of sp³-hybridized carbons (Fsp3) is 0.778. The molecule has 152 valence electrons. The maximum atomic E-state index is 12.5. The zero-order valence-electron chi connectivity index (χ0n) is 15.9. The van der Waals surface area contributed by atoms with Crippen LogP contribution < -0.4 is 5.32 Å². The van der Waals surface area contributed by atoms with Crippen LogP contribution in [0.25, 0.3) is 0 Å². The van der Waals surface area contributed by atoms with Crippen molar-refractivity contribution in [2.45, 2.75) is 49.9 Å². The number of hydrogen-bond acceptors (Lipinski definition) is 6. The van der Waals surface area contributed by atoms with Crippen LogP contribution in [0.2, 0.25) is 5.02 Å². The van der Waals surface area contributed by atoms with Gasteiger partial charge in [0.2, 0.25) is 0 Å². The van der Waals surface area contributed by atoms with Crippen LogP contribution in [0.3, 0.4) is 0 Å². The summed E-state index contributed by atoms with van der Waals surface area (Å²) in [5, 5.41) is 27.2. The van der Waals surface area contributed by atoms with Gasteiger partial charge in [0.15, 0.2) is 5.69 Å². The number of aryl methyl sites for hydroxylation is 1. The maximum Gasteiger partial charge on any atom is 0.273 e. The summed E-state index contributed by atoms with van der Waals surface area (Å²) in [5.41, 5.74) is -1.29. The van der Waals surface area contributed by atoms with E-state index in [0.29, 0.717) is 6.42 Å². The molecule has 2 aliphatic heterocycles. The molecule has 0 bridgehead atoms. The van der Waals surface area contributed by atoms with Gasteiger partial charge in [-0.05, 0) is 26.2 Å². The molecule has 9 heteroatoms. The van der Waals surface area contributed by atoms with E-state index < -0.39 is 17.6 Å². The Morgan fingerprint density at radius 2 is 2.19 bits per heavy atom. The maximum absolute atomic E-state index is 12.5. The Morgan fingerprint density at radius 3 is 2.74 bits per heavy atom. The average Bonchev–Trinajstić information content (AvgIpc) is 2.95. The molecule has 1 aromatic rings. The summed E-state index contributed by atoms with van der Waals surface area (Å²) in [6, 6.07) is -0.527. The van der Waals surface area contributed by atoms with Gasteiger partial charge in [0.05, 0.1) is 28.9 Å². The van der Waals surface area contributed by atoms with E-state index in [1.807, 2.05) is 0 Å². The molecule has 8 nitrogen and oxygen atoms in total. The number of carbonyl (C=O) groups excluding carboxylic acids is 1. The highest BCUT2D eigenvalue weighted by molar-refractivity contribution is 6.33. The van der Waals surface area contributed by atoms with Crippen LogP contribution in [-0.4, -0.2) is 80.9 Å². The SMILES string of the molecule is Cn1cc(Cl)c(C(=O)N[C@H]2COC3(CCN(CCCO)CC3)C[C@]2(C)O)n1. The third-order valence-corrected chi connectivity index (χ3v) is 5.97. The molecule has 0 aliphatic carbocycles. The summed E-state index contributed by atoms with van der Waals surface area (Å²) in [4.78, 5) is 14.8. The Morgan fingerprint density at radius 1 is 1.48 bits per heavy atom. The summed E-state index contributed by atoms with van der Waals surface area (Å²) < 4.78 is 7.65. The number of piperidine rings is 1. The lowest BCUT2D eigenvalue weighted by molar-refractivity contribution is -0.186. The molecule has 1 aromatic heterocycles. The number of likely N-dealkylation sites (tertiary alicyclic amines) is 1. The van der Waals surface area contributed by atoms with Crippen molar-refractivity contribution in [2.75, 3.05) is 32.8 Å². The van der Waals surface area contributed by atoms with Gasteiger partial charge in [-0.25, -0.2) is 0 Å². The van der Waals surface area contributed by atoms with Gasteiger partial charge in [-0.3, -0.25) is 9.48 Å². The Labute approximate surface area is 164 Å². The minimum absolute atomic E-state index is 0.146. The number of rotatable bonds is 5. The van der Waals surface area contributed by atoms with E-state index in [1.165, 1.54) is 4.68 Å². The Balaban J connectivity index is 1.59. The molecule has 2 aliphatic rings. The highest BCUT2D eigenvalue weighted by atomic mass is 35.5. The summed E-state index contributed by atoms with van der Waals surface area (Å²) in [6.07, 6.45) is 4.47. The molecule has 0 saturated carbocycles. The smallest absolute Gasteiger partial charge is 0.273 e. The molecule has 0 radical (unpaired) electrons. The number of hydrogen-bond donors (Lipinski definition) is 3. The molecule has 27 heavy (non-hydrogen) atoms. The molecule has 2 atom stereocenters. The van der Waals surface area contributed by atoms with E-state index in [2.05, 4.69) is 15.3 Å². The molecule has 2 saturated heterocycles. The highest BCUT2D eigenvalue weighted by Crippen LogP contribution is 2.39. The Kier molecular flexibility index (Phi) is 6.12. The van der Waals surface area contributed by atoms with Crippen LogP contribution in [0.15, 0.2) is 6.20 Å². The second kappa shape index (κ2) is 8.05. The monoisotopic (exact) mass is 400 g/mol. The van der Waals surface area contributed by atoms with Crippen LogP contribution in [0.4, 0.5) is 0 Å². The van der Waals surface area contributed by atoms with Crippen LogP contribution in [-0.2, 0) is 11.8 Å². The lowest BCUT2D eigenvalue weighted by Gasteiger charge is -2.51. The molecule has 3 N–H and O–H groups in total. The van der Waals surface area contributed by atoms with Crippen LogP contribution >= 0.6 is 11.6 Å². The first-order valence-electron chi connectivity index (χ1n) is 9.44. The van der Waals surface area contributed by atoms with Crippen molar-refractivity contribution in [2.24, 2.45) is 7.05 Å². The molecule has 0 unspecified atom stereocenters. The number of aromatic nitrogens is 2. The normalized spacial score (nSPS) is 28.4. The van der Waals surface area contributed by atoms with Crippen molar-refractivity contribution in [1.29, 1.82) is 0 Å². The molecule has 2 fully saturated rings. The molecule has 0 aromatic carbocycles. The number of aliphatic hydroxyl groups excluding tert-OH is 1. The minimum atomic E-state index is -1.08. The van der Waals surface area contributed by atoms with Crippen molar-refractivity contribution >= 4 is 17.5 Å². The van der Waals surface area contributed by atoms with Gasteiger partial charge in [0, 0.05) is 45.9 Å². The van der Waals surface area contributed by atoms with Gasteiger partial charge >= 0.3 is 0 Å². The van der Waals surface area contributed by atoms with Gasteiger partial charge in [0.25, 0.3) is 5.91 Å². The molecular weight excluding hydrogens is 372 g/mol. The van der Waals surface area contributed by atoms with E-state index in [4.69, 9.17) is 21.4 Å². The van der Waals surface area contributed by atoms with Crippen LogP contribution in [0.1, 0.15) is 43.1 Å². The number of aliphatic hydroxyl groups is 2. The molecule has 1 amide bonds. The van der Waals surface area contributed by atoms with E-state index >= 15 is 0 Å². The van der Waals surface area contributed by atoms with E-state index in [0.717, 1.165) is 38.9 Å². The first-order chi connectivity index (χ1) is 12.7. The van der Waals surface area contributed by atoms with Crippen molar-refractivity contribution in [3.8, 4) is 0 Å². The van der Waals surface area contributed by atoms with Crippen molar-refractivity contribution < 1.29 is 19.7 Å².